The maximum absolute atomic E-state index is 10.9. The minimum Gasteiger partial charge on any atom is -0.439 e. The SMILES string of the molecule is CNCc1ncc(-c2ccc(C)c([N+](=O)[O-])c2)o1. The molecule has 0 amide bonds. The van der Waals surface area contributed by atoms with Crippen molar-refractivity contribution >= 4 is 5.69 Å². The van der Waals surface area contributed by atoms with Gasteiger partial charge in [-0.05, 0) is 14.0 Å². The fourth-order valence-electron chi connectivity index (χ4n) is 1.64. The molecule has 94 valence electrons. The summed E-state index contributed by atoms with van der Waals surface area (Å²) >= 11 is 0. The maximum atomic E-state index is 10.9. The Morgan fingerprint density at radius 2 is 2.28 bits per heavy atom. The van der Waals surface area contributed by atoms with Crippen molar-refractivity contribution in [3.05, 3.63) is 46.0 Å². The molecule has 6 heteroatoms. The number of nitro groups is 1. The molecule has 0 saturated heterocycles. The lowest BCUT2D eigenvalue weighted by Crippen LogP contribution is -2.04. The number of aryl methyl sites for hydroxylation is 1. The van der Waals surface area contributed by atoms with Crippen molar-refractivity contribution in [3.63, 3.8) is 0 Å². The molecular formula is C12H13N3O3. The molecule has 0 unspecified atom stereocenters. The number of rotatable bonds is 4. The van der Waals surface area contributed by atoms with Crippen LogP contribution in [-0.2, 0) is 6.54 Å². The maximum Gasteiger partial charge on any atom is 0.273 e. The summed E-state index contributed by atoms with van der Waals surface area (Å²) in [6.07, 6.45) is 1.57. The molecule has 0 aliphatic rings. The second-order valence-electron chi connectivity index (χ2n) is 3.91. The highest BCUT2D eigenvalue weighted by atomic mass is 16.6. The van der Waals surface area contributed by atoms with E-state index in [2.05, 4.69) is 10.3 Å². The van der Waals surface area contributed by atoms with Gasteiger partial charge in [-0.25, -0.2) is 4.98 Å². The zero-order valence-corrected chi connectivity index (χ0v) is 10.1. The number of hydrogen-bond donors (Lipinski definition) is 1. The Bertz CT molecular complexity index is 578. The van der Waals surface area contributed by atoms with Gasteiger partial charge in [-0.15, -0.1) is 0 Å². The van der Waals surface area contributed by atoms with Gasteiger partial charge in [0.25, 0.3) is 5.69 Å². The molecule has 1 heterocycles. The molecule has 2 aromatic rings. The average Bonchev–Trinajstić information content (AvgIpc) is 2.78. The zero-order valence-electron chi connectivity index (χ0n) is 10.1. The van der Waals surface area contributed by atoms with E-state index < -0.39 is 4.92 Å². The molecule has 0 aliphatic carbocycles. The molecule has 0 radical (unpaired) electrons. The summed E-state index contributed by atoms with van der Waals surface area (Å²) in [6, 6.07) is 4.98. The van der Waals surface area contributed by atoms with Gasteiger partial charge in [0.2, 0.25) is 5.89 Å². The molecule has 0 bridgehead atoms. The van der Waals surface area contributed by atoms with Crippen molar-refractivity contribution in [3.8, 4) is 11.3 Å². The van der Waals surface area contributed by atoms with Crippen LogP contribution < -0.4 is 5.32 Å². The van der Waals surface area contributed by atoms with E-state index in [1.807, 2.05) is 0 Å². The molecule has 0 fully saturated rings. The summed E-state index contributed by atoms with van der Waals surface area (Å²) in [7, 11) is 1.79. The van der Waals surface area contributed by atoms with Gasteiger partial charge in [0.05, 0.1) is 17.7 Å². The Kier molecular flexibility index (Phi) is 3.38. The summed E-state index contributed by atoms with van der Waals surface area (Å²) < 4.78 is 5.49. The molecule has 1 aromatic heterocycles. The van der Waals surface area contributed by atoms with Crippen LogP contribution in [0.1, 0.15) is 11.5 Å². The van der Waals surface area contributed by atoms with Crippen LogP contribution in [-0.4, -0.2) is 17.0 Å². The van der Waals surface area contributed by atoms with Gasteiger partial charge < -0.3 is 9.73 Å². The van der Waals surface area contributed by atoms with Crippen LogP contribution in [0.4, 0.5) is 5.69 Å². The van der Waals surface area contributed by atoms with Crippen molar-refractivity contribution in [1.29, 1.82) is 0 Å². The normalized spacial score (nSPS) is 10.6. The van der Waals surface area contributed by atoms with Gasteiger partial charge in [0, 0.05) is 17.2 Å². The van der Waals surface area contributed by atoms with Gasteiger partial charge in [-0.1, -0.05) is 12.1 Å². The molecule has 18 heavy (non-hydrogen) atoms. The van der Waals surface area contributed by atoms with Crippen LogP contribution in [0.2, 0.25) is 0 Å². The summed E-state index contributed by atoms with van der Waals surface area (Å²) in [5, 5.41) is 13.8. The van der Waals surface area contributed by atoms with Crippen molar-refractivity contribution in [1.82, 2.24) is 10.3 Å². The summed E-state index contributed by atoms with van der Waals surface area (Å²) in [6.45, 7) is 2.22. The minimum atomic E-state index is -0.399. The largest absolute Gasteiger partial charge is 0.439 e. The minimum absolute atomic E-state index is 0.0825. The number of nitrogens with zero attached hydrogens (tertiary/aromatic N) is 2. The van der Waals surface area contributed by atoms with E-state index in [-0.39, 0.29) is 5.69 Å². The van der Waals surface area contributed by atoms with Crippen molar-refractivity contribution < 1.29 is 9.34 Å². The molecule has 0 saturated carbocycles. The number of benzene rings is 1. The Balaban J connectivity index is 2.38. The topological polar surface area (TPSA) is 81.2 Å². The Morgan fingerprint density at radius 3 is 2.94 bits per heavy atom. The van der Waals surface area contributed by atoms with Crippen molar-refractivity contribution in [2.45, 2.75) is 13.5 Å². The van der Waals surface area contributed by atoms with Crippen molar-refractivity contribution in [2.24, 2.45) is 0 Å². The highest BCUT2D eigenvalue weighted by molar-refractivity contribution is 5.62. The fraction of sp³-hybridized carbons (Fsp3) is 0.250. The fourth-order valence-corrected chi connectivity index (χ4v) is 1.64. The second-order valence-corrected chi connectivity index (χ2v) is 3.91. The molecule has 2 rings (SSSR count). The quantitative estimate of drug-likeness (QED) is 0.662. The molecule has 0 atom stereocenters. The lowest BCUT2D eigenvalue weighted by molar-refractivity contribution is -0.385. The smallest absolute Gasteiger partial charge is 0.273 e. The molecule has 6 nitrogen and oxygen atoms in total. The van der Waals surface area contributed by atoms with Crippen molar-refractivity contribution in [2.75, 3.05) is 7.05 Å². The number of nitro benzene ring substituents is 1. The van der Waals surface area contributed by atoms with Gasteiger partial charge >= 0.3 is 0 Å². The molecular weight excluding hydrogens is 234 g/mol. The van der Waals surface area contributed by atoms with Crippen LogP contribution in [0.25, 0.3) is 11.3 Å². The second kappa shape index (κ2) is 4.97. The number of aromatic nitrogens is 1. The first kappa shape index (κ1) is 12.3. The Morgan fingerprint density at radius 1 is 1.50 bits per heavy atom. The highest BCUT2D eigenvalue weighted by Gasteiger charge is 2.14. The lowest BCUT2D eigenvalue weighted by atomic mass is 10.1. The molecule has 1 N–H and O–H groups in total. The number of hydrogen-bond acceptors (Lipinski definition) is 5. The monoisotopic (exact) mass is 247 g/mol. The third kappa shape index (κ3) is 2.38. The predicted molar refractivity (Wildman–Crippen MR) is 66.1 cm³/mol. The summed E-state index contributed by atoms with van der Waals surface area (Å²) in [5.74, 6) is 1.08. The zero-order chi connectivity index (χ0) is 13.1. The Labute approximate surface area is 104 Å². The van der Waals surface area contributed by atoms with Crippen LogP contribution >= 0.6 is 0 Å². The number of oxazole rings is 1. The standard InChI is InChI=1S/C12H13N3O3/c1-8-3-4-9(5-10(8)15(16)17)11-6-14-12(18-11)7-13-2/h3-6,13H,7H2,1-2H3. The first-order valence-electron chi connectivity index (χ1n) is 5.46. The third-order valence-electron chi connectivity index (χ3n) is 2.57. The van der Waals surface area contributed by atoms with Crippen LogP contribution in [0.15, 0.2) is 28.8 Å². The first-order chi connectivity index (χ1) is 8.61. The van der Waals surface area contributed by atoms with E-state index in [0.29, 0.717) is 29.3 Å². The van der Waals surface area contributed by atoms with E-state index in [1.165, 1.54) is 6.07 Å². The average molecular weight is 247 g/mol. The lowest BCUT2D eigenvalue weighted by Gasteiger charge is -2.00. The third-order valence-corrected chi connectivity index (χ3v) is 2.57. The van der Waals surface area contributed by atoms with Crippen LogP contribution in [0.3, 0.4) is 0 Å². The Hall–Kier alpha value is -2.21. The van der Waals surface area contributed by atoms with E-state index in [9.17, 15) is 10.1 Å². The number of nitrogens with one attached hydrogen (secondary N) is 1. The van der Waals surface area contributed by atoms with E-state index >= 15 is 0 Å². The molecule has 1 aromatic carbocycles. The van der Waals surface area contributed by atoms with Gasteiger partial charge in [-0.3, -0.25) is 10.1 Å². The van der Waals surface area contributed by atoms with E-state index in [0.717, 1.165) is 0 Å². The van der Waals surface area contributed by atoms with Gasteiger partial charge in [0.15, 0.2) is 5.76 Å². The van der Waals surface area contributed by atoms with Crippen LogP contribution in [0.5, 0.6) is 0 Å². The summed E-state index contributed by atoms with van der Waals surface area (Å²) in [5.41, 5.74) is 1.36. The van der Waals surface area contributed by atoms with Gasteiger partial charge in [0.1, 0.15) is 0 Å². The first-order valence-corrected chi connectivity index (χ1v) is 5.46. The predicted octanol–water partition coefficient (Wildman–Crippen LogP) is 2.28. The van der Waals surface area contributed by atoms with E-state index in [1.54, 1.807) is 32.3 Å². The summed E-state index contributed by atoms with van der Waals surface area (Å²) in [4.78, 5) is 14.5. The van der Waals surface area contributed by atoms with Crippen LogP contribution in [0, 0.1) is 17.0 Å². The molecule has 0 aliphatic heterocycles. The molecule has 0 spiro atoms. The van der Waals surface area contributed by atoms with E-state index in [4.69, 9.17) is 4.42 Å². The van der Waals surface area contributed by atoms with Gasteiger partial charge in [-0.2, -0.15) is 0 Å². The highest BCUT2D eigenvalue weighted by Crippen LogP contribution is 2.27.